The van der Waals surface area contributed by atoms with Crippen molar-refractivity contribution in [2.75, 3.05) is 13.1 Å². The van der Waals surface area contributed by atoms with E-state index < -0.39 is 28.2 Å². The minimum Gasteiger partial charge on any atom is -0.467 e. The molecule has 1 unspecified atom stereocenters. The molecule has 0 saturated heterocycles. The molecular formula is C5H9FO5S. The molecule has 0 aromatic carbocycles. The molecule has 0 saturated carbocycles. The number of esters is 1. The van der Waals surface area contributed by atoms with Gasteiger partial charge in [-0.05, 0) is 6.92 Å². The van der Waals surface area contributed by atoms with Crippen molar-refractivity contribution in [3.05, 3.63) is 0 Å². The van der Waals surface area contributed by atoms with Crippen molar-refractivity contribution in [3.63, 3.8) is 0 Å². The SMILES string of the molecule is COC(=O)C(C)OS(=O)(=O)CF. The van der Waals surface area contributed by atoms with Crippen molar-refractivity contribution in [1.29, 1.82) is 0 Å². The van der Waals surface area contributed by atoms with Gasteiger partial charge in [0.05, 0.1) is 7.11 Å². The molecule has 0 rings (SSSR count). The summed E-state index contributed by atoms with van der Waals surface area (Å²) in [4.78, 5) is 10.6. The summed E-state index contributed by atoms with van der Waals surface area (Å²) in [6.07, 6.45) is -1.31. The zero-order chi connectivity index (χ0) is 9.78. The summed E-state index contributed by atoms with van der Waals surface area (Å²) in [5.74, 6) is -0.868. The lowest BCUT2D eigenvalue weighted by Gasteiger charge is -2.07. The molecule has 72 valence electrons. The third kappa shape index (κ3) is 3.63. The molecule has 0 aromatic rings. The van der Waals surface area contributed by atoms with Gasteiger partial charge in [0.15, 0.2) is 6.10 Å². The maximum Gasteiger partial charge on any atom is 0.336 e. The Bertz CT molecular complexity index is 247. The van der Waals surface area contributed by atoms with Crippen LogP contribution >= 0.6 is 0 Å². The van der Waals surface area contributed by atoms with Crippen LogP contribution in [-0.2, 0) is 23.8 Å². The molecule has 0 aromatic heterocycles. The van der Waals surface area contributed by atoms with Crippen LogP contribution in [0.1, 0.15) is 6.92 Å². The molecule has 0 bridgehead atoms. The van der Waals surface area contributed by atoms with Gasteiger partial charge in [0.25, 0.3) is 10.1 Å². The second kappa shape index (κ2) is 4.36. The summed E-state index contributed by atoms with van der Waals surface area (Å²) in [5, 5.41) is 0. The molecule has 0 spiro atoms. The summed E-state index contributed by atoms with van der Waals surface area (Å²) in [7, 11) is -3.17. The second-order valence-corrected chi connectivity index (χ2v) is 3.45. The lowest BCUT2D eigenvalue weighted by Crippen LogP contribution is -2.25. The highest BCUT2D eigenvalue weighted by Crippen LogP contribution is 2.01. The van der Waals surface area contributed by atoms with Crippen LogP contribution in [0.3, 0.4) is 0 Å². The van der Waals surface area contributed by atoms with E-state index in [1.165, 1.54) is 0 Å². The maximum absolute atomic E-state index is 11.6. The van der Waals surface area contributed by atoms with Gasteiger partial charge in [0.1, 0.15) is 0 Å². The van der Waals surface area contributed by atoms with Gasteiger partial charge in [-0.1, -0.05) is 0 Å². The Kier molecular flexibility index (Phi) is 4.11. The zero-order valence-corrected chi connectivity index (χ0v) is 7.43. The van der Waals surface area contributed by atoms with E-state index in [0.717, 1.165) is 14.0 Å². The molecule has 0 heterocycles. The van der Waals surface area contributed by atoms with Crippen molar-refractivity contribution in [2.45, 2.75) is 13.0 Å². The van der Waals surface area contributed by atoms with E-state index in [4.69, 9.17) is 0 Å². The minimum absolute atomic E-state index is 0.868. The lowest BCUT2D eigenvalue weighted by molar-refractivity contribution is -0.147. The summed E-state index contributed by atoms with van der Waals surface area (Å²) in [6, 6.07) is -1.66. The van der Waals surface area contributed by atoms with Crippen LogP contribution in [0, 0.1) is 0 Å². The third-order valence-electron chi connectivity index (χ3n) is 0.958. The second-order valence-electron chi connectivity index (χ2n) is 1.93. The minimum atomic E-state index is -4.24. The van der Waals surface area contributed by atoms with Crippen molar-refractivity contribution in [2.24, 2.45) is 0 Å². The summed E-state index contributed by atoms with van der Waals surface area (Å²) in [5.41, 5.74) is 0. The molecule has 7 heteroatoms. The molecule has 0 N–H and O–H groups in total. The molecule has 0 radical (unpaired) electrons. The van der Waals surface area contributed by atoms with E-state index in [1.54, 1.807) is 0 Å². The number of ether oxygens (including phenoxy) is 1. The molecular weight excluding hydrogens is 191 g/mol. The molecule has 0 aliphatic heterocycles. The van der Waals surface area contributed by atoms with E-state index in [9.17, 15) is 17.6 Å². The quantitative estimate of drug-likeness (QED) is 0.465. The van der Waals surface area contributed by atoms with Crippen molar-refractivity contribution in [1.82, 2.24) is 0 Å². The van der Waals surface area contributed by atoms with Gasteiger partial charge in [-0.3, -0.25) is 4.18 Å². The van der Waals surface area contributed by atoms with Crippen LogP contribution in [0.15, 0.2) is 0 Å². The number of carbonyl (C=O) groups is 1. The molecule has 0 aliphatic rings. The van der Waals surface area contributed by atoms with Gasteiger partial charge in [-0.2, -0.15) is 8.42 Å². The zero-order valence-electron chi connectivity index (χ0n) is 6.61. The van der Waals surface area contributed by atoms with Gasteiger partial charge in [0.2, 0.25) is 6.01 Å². The number of methoxy groups -OCH3 is 1. The normalized spacial score (nSPS) is 13.9. The van der Waals surface area contributed by atoms with Gasteiger partial charge >= 0.3 is 5.97 Å². The smallest absolute Gasteiger partial charge is 0.336 e. The fourth-order valence-electron chi connectivity index (χ4n) is 0.451. The average molecular weight is 200 g/mol. The van der Waals surface area contributed by atoms with Crippen LogP contribution in [0.5, 0.6) is 0 Å². The van der Waals surface area contributed by atoms with Crippen molar-refractivity contribution >= 4 is 16.1 Å². The van der Waals surface area contributed by atoms with Crippen LogP contribution in [0.25, 0.3) is 0 Å². The highest BCUT2D eigenvalue weighted by atomic mass is 32.2. The van der Waals surface area contributed by atoms with Crippen molar-refractivity contribution < 1.29 is 26.5 Å². The summed E-state index contributed by atoms with van der Waals surface area (Å²) < 4.78 is 40.7. The fourth-order valence-corrected chi connectivity index (χ4v) is 1.02. The fraction of sp³-hybridized carbons (Fsp3) is 0.800. The molecule has 0 aliphatic carbocycles. The van der Waals surface area contributed by atoms with Crippen LogP contribution in [-0.4, -0.2) is 33.6 Å². The number of rotatable bonds is 4. The topological polar surface area (TPSA) is 69.7 Å². The summed E-state index contributed by atoms with van der Waals surface area (Å²) >= 11 is 0. The lowest BCUT2D eigenvalue weighted by atomic mass is 10.4. The number of hydrogen-bond acceptors (Lipinski definition) is 5. The first-order valence-corrected chi connectivity index (χ1v) is 4.55. The van der Waals surface area contributed by atoms with Crippen LogP contribution < -0.4 is 0 Å². The largest absolute Gasteiger partial charge is 0.467 e. The highest BCUT2D eigenvalue weighted by molar-refractivity contribution is 7.86. The van der Waals surface area contributed by atoms with E-state index in [-0.39, 0.29) is 0 Å². The van der Waals surface area contributed by atoms with E-state index in [2.05, 4.69) is 8.92 Å². The van der Waals surface area contributed by atoms with Crippen molar-refractivity contribution in [3.8, 4) is 0 Å². The first-order valence-electron chi connectivity index (χ1n) is 2.97. The van der Waals surface area contributed by atoms with Gasteiger partial charge in [0, 0.05) is 0 Å². The molecule has 0 amide bonds. The number of alkyl halides is 1. The standard InChI is InChI=1S/C5H9FO5S/c1-4(5(7)10-2)11-12(8,9)3-6/h4H,3H2,1-2H3. The molecule has 5 nitrogen and oxygen atoms in total. The van der Waals surface area contributed by atoms with Crippen LogP contribution in [0.2, 0.25) is 0 Å². The maximum atomic E-state index is 11.6. The Labute approximate surface area is 69.6 Å². The molecule has 1 atom stereocenters. The average Bonchev–Trinajstić information content (AvgIpc) is 2.02. The number of carbonyl (C=O) groups excluding carboxylic acids is 1. The van der Waals surface area contributed by atoms with Gasteiger partial charge < -0.3 is 4.74 Å². The predicted molar refractivity (Wildman–Crippen MR) is 37.5 cm³/mol. The Balaban J connectivity index is 4.19. The Morgan fingerprint density at radius 2 is 2.08 bits per heavy atom. The van der Waals surface area contributed by atoms with Gasteiger partial charge in [-0.15, -0.1) is 0 Å². The number of halogens is 1. The van der Waals surface area contributed by atoms with E-state index in [0.29, 0.717) is 0 Å². The summed E-state index contributed by atoms with van der Waals surface area (Å²) in [6.45, 7) is 1.15. The third-order valence-corrected chi connectivity index (χ3v) is 1.81. The first-order chi connectivity index (χ1) is 5.43. The monoisotopic (exact) mass is 200 g/mol. The van der Waals surface area contributed by atoms with Gasteiger partial charge in [-0.25, -0.2) is 9.18 Å². The van der Waals surface area contributed by atoms with Crippen LogP contribution in [0.4, 0.5) is 4.39 Å². The first kappa shape index (κ1) is 11.3. The highest BCUT2D eigenvalue weighted by Gasteiger charge is 2.21. The molecule has 12 heavy (non-hydrogen) atoms. The molecule has 0 fully saturated rings. The van der Waals surface area contributed by atoms with E-state index in [1.807, 2.05) is 0 Å². The number of hydrogen-bond donors (Lipinski definition) is 0. The van der Waals surface area contributed by atoms with E-state index >= 15 is 0 Å². The Morgan fingerprint density at radius 3 is 2.42 bits per heavy atom. The Hall–Kier alpha value is -0.690. The Morgan fingerprint density at radius 1 is 1.58 bits per heavy atom. The predicted octanol–water partition coefficient (Wildman–Crippen LogP) is -0.179.